The third-order valence-electron chi connectivity index (χ3n) is 3.47. The zero-order valence-corrected chi connectivity index (χ0v) is 11.4. The monoisotopic (exact) mass is 263 g/mol. The van der Waals surface area contributed by atoms with E-state index in [9.17, 15) is 4.79 Å². The summed E-state index contributed by atoms with van der Waals surface area (Å²) < 4.78 is 5.41. The fourth-order valence-electron chi connectivity index (χ4n) is 2.38. The molecule has 1 aliphatic heterocycles. The van der Waals surface area contributed by atoms with Crippen LogP contribution in [-0.2, 0) is 9.53 Å². The number of amides is 1. The molecule has 1 saturated heterocycles. The van der Waals surface area contributed by atoms with Crippen LogP contribution >= 0.6 is 0 Å². The number of benzene rings is 1. The number of anilines is 2. The molecule has 1 amide bonds. The summed E-state index contributed by atoms with van der Waals surface area (Å²) in [6, 6.07) is 7.95. The molecule has 1 heterocycles. The summed E-state index contributed by atoms with van der Waals surface area (Å²) in [7, 11) is 1.70. The molecule has 19 heavy (non-hydrogen) atoms. The average molecular weight is 263 g/mol. The number of hydrogen-bond donors (Lipinski definition) is 2. The van der Waals surface area contributed by atoms with Crippen molar-refractivity contribution in [2.24, 2.45) is 5.73 Å². The van der Waals surface area contributed by atoms with Gasteiger partial charge in [0.15, 0.2) is 0 Å². The Balaban J connectivity index is 2.03. The fraction of sp³-hybridized carbons (Fsp3) is 0.500. The highest BCUT2D eigenvalue weighted by molar-refractivity contribution is 5.88. The molecule has 0 saturated carbocycles. The number of nitrogens with zero attached hydrogens (tertiary/aromatic N) is 1. The summed E-state index contributed by atoms with van der Waals surface area (Å²) in [4.78, 5) is 13.2. The van der Waals surface area contributed by atoms with E-state index in [0.29, 0.717) is 0 Å². The van der Waals surface area contributed by atoms with Crippen molar-refractivity contribution in [3.05, 3.63) is 24.3 Å². The highest BCUT2D eigenvalue weighted by Gasteiger charge is 2.26. The van der Waals surface area contributed by atoms with E-state index < -0.39 is 0 Å². The molecule has 5 heteroatoms. The summed E-state index contributed by atoms with van der Waals surface area (Å²) in [5, 5.41) is 2.76. The summed E-state index contributed by atoms with van der Waals surface area (Å²) in [6.45, 7) is 3.24. The zero-order valence-electron chi connectivity index (χ0n) is 11.4. The SMILES string of the molecule is CO[C@@H]1CN(c2ccc(NC(C)=O)cc2)CC[C@@H]1N. The molecule has 5 nitrogen and oxygen atoms in total. The van der Waals surface area contributed by atoms with Crippen LogP contribution in [0.1, 0.15) is 13.3 Å². The second kappa shape index (κ2) is 6.04. The van der Waals surface area contributed by atoms with Crippen LogP contribution in [0.3, 0.4) is 0 Å². The Hall–Kier alpha value is -1.59. The molecule has 0 aliphatic carbocycles. The van der Waals surface area contributed by atoms with E-state index >= 15 is 0 Å². The standard InChI is InChI=1S/C14H21N3O2/c1-10(18)16-11-3-5-12(6-4-11)17-8-7-13(15)14(9-17)19-2/h3-6,13-14H,7-9,15H2,1-2H3,(H,16,18)/t13-,14+/m0/s1. The van der Waals surface area contributed by atoms with E-state index in [1.165, 1.54) is 6.92 Å². The zero-order chi connectivity index (χ0) is 13.8. The normalized spacial score (nSPS) is 23.2. The molecule has 0 aromatic heterocycles. The summed E-state index contributed by atoms with van der Waals surface area (Å²) in [5.74, 6) is -0.0591. The predicted octanol–water partition coefficient (Wildman–Crippen LogP) is 1.20. The topological polar surface area (TPSA) is 67.6 Å². The van der Waals surface area contributed by atoms with Crippen LogP contribution in [0, 0.1) is 0 Å². The first kappa shape index (κ1) is 13.8. The molecular formula is C14H21N3O2. The molecule has 1 aromatic rings. The van der Waals surface area contributed by atoms with Crippen LogP contribution in [0.15, 0.2) is 24.3 Å². The first-order valence-electron chi connectivity index (χ1n) is 6.51. The molecule has 0 unspecified atom stereocenters. The number of nitrogens with two attached hydrogens (primary N) is 1. The van der Waals surface area contributed by atoms with E-state index in [1.807, 2.05) is 24.3 Å². The van der Waals surface area contributed by atoms with Crippen molar-refractivity contribution >= 4 is 17.3 Å². The molecule has 1 aliphatic rings. The van der Waals surface area contributed by atoms with Crippen molar-refractivity contribution in [1.29, 1.82) is 0 Å². The van der Waals surface area contributed by atoms with Crippen molar-refractivity contribution in [2.75, 3.05) is 30.4 Å². The van der Waals surface area contributed by atoms with Crippen LogP contribution in [0.4, 0.5) is 11.4 Å². The molecule has 0 spiro atoms. The average Bonchev–Trinajstić information content (AvgIpc) is 2.40. The van der Waals surface area contributed by atoms with E-state index in [0.717, 1.165) is 30.9 Å². The number of rotatable bonds is 3. The third kappa shape index (κ3) is 3.45. The lowest BCUT2D eigenvalue weighted by atomic mass is 10.0. The smallest absolute Gasteiger partial charge is 0.221 e. The van der Waals surface area contributed by atoms with Crippen LogP contribution < -0.4 is 16.0 Å². The van der Waals surface area contributed by atoms with Gasteiger partial charge in [0.25, 0.3) is 0 Å². The number of hydrogen-bond acceptors (Lipinski definition) is 4. The van der Waals surface area contributed by atoms with Gasteiger partial charge in [0.2, 0.25) is 5.91 Å². The number of piperidine rings is 1. The van der Waals surface area contributed by atoms with Gasteiger partial charge < -0.3 is 20.7 Å². The van der Waals surface area contributed by atoms with Gasteiger partial charge in [-0.3, -0.25) is 4.79 Å². The van der Waals surface area contributed by atoms with Crippen LogP contribution in [-0.4, -0.2) is 38.3 Å². The maximum Gasteiger partial charge on any atom is 0.221 e. The number of carbonyl (C=O) groups is 1. The van der Waals surface area contributed by atoms with Crippen LogP contribution in [0.2, 0.25) is 0 Å². The lowest BCUT2D eigenvalue weighted by Gasteiger charge is -2.37. The second-order valence-electron chi connectivity index (χ2n) is 4.90. The van der Waals surface area contributed by atoms with Crippen LogP contribution in [0.5, 0.6) is 0 Å². The lowest BCUT2D eigenvalue weighted by molar-refractivity contribution is -0.114. The number of ether oxygens (including phenoxy) is 1. The van der Waals surface area contributed by atoms with Gasteiger partial charge in [-0.15, -0.1) is 0 Å². The van der Waals surface area contributed by atoms with E-state index in [4.69, 9.17) is 10.5 Å². The van der Waals surface area contributed by atoms with Gasteiger partial charge in [-0.2, -0.15) is 0 Å². The number of carbonyl (C=O) groups excluding carboxylic acids is 1. The lowest BCUT2D eigenvalue weighted by Crippen LogP contribution is -2.51. The maximum atomic E-state index is 11.0. The van der Waals surface area contributed by atoms with Gasteiger partial charge in [-0.25, -0.2) is 0 Å². The Morgan fingerprint density at radius 3 is 2.68 bits per heavy atom. The van der Waals surface area contributed by atoms with Crippen molar-refractivity contribution < 1.29 is 9.53 Å². The quantitative estimate of drug-likeness (QED) is 0.860. The van der Waals surface area contributed by atoms with Crippen molar-refractivity contribution in [2.45, 2.75) is 25.5 Å². The minimum absolute atomic E-state index is 0.0591. The fourth-order valence-corrected chi connectivity index (χ4v) is 2.38. The molecule has 3 N–H and O–H groups in total. The third-order valence-corrected chi connectivity index (χ3v) is 3.47. The Labute approximate surface area is 113 Å². The van der Waals surface area contributed by atoms with E-state index in [-0.39, 0.29) is 18.1 Å². The van der Waals surface area contributed by atoms with E-state index in [2.05, 4.69) is 10.2 Å². The summed E-state index contributed by atoms with van der Waals surface area (Å²) >= 11 is 0. The Kier molecular flexibility index (Phi) is 4.39. The molecule has 1 aromatic carbocycles. The molecule has 0 bridgehead atoms. The van der Waals surface area contributed by atoms with Crippen molar-refractivity contribution in [3.8, 4) is 0 Å². The van der Waals surface area contributed by atoms with Gasteiger partial charge in [-0.1, -0.05) is 0 Å². The van der Waals surface area contributed by atoms with Gasteiger partial charge in [-0.05, 0) is 30.7 Å². The first-order chi connectivity index (χ1) is 9.10. The second-order valence-corrected chi connectivity index (χ2v) is 4.90. The Bertz CT molecular complexity index is 433. The molecule has 104 valence electrons. The molecular weight excluding hydrogens is 242 g/mol. The summed E-state index contributed by atoms with van der Waals surface area (Å²) in [5.41, 5.74) is 7.95. The number of methoxy groups -OCH3 is 1. The van der Waals surface area contributed by atoms with Gasteiger partial charge in [0.1, 0.15) is 0 Å². The van der Waals surface area contributed by atoms with Gasteiger partial charge in [0.05, 0.1) is 6.10 Å². The van der Waals surface area contributed by atoms with Crippen molar-refractivity contribution in [3.63, 3.8) is 0 Å². The minimum atomic E-state index is -0.0591. The number of nitrogens with one attached hydrogen (secondary N) is 1. The van der Waals surface area contributed by atoms with Crippen LogP contribution in [0.25, 0.3) is 0 Å². The molecule has 2 rings (SSSR count). The highest BCUT2D eigenvalue weighted by Crippen LogP contribution is 2.22. The Morgan fingerprint density at radius 2 is 2.11 bits per heavy atom. The first-order valence-corrected chi connectivity index (χ1v) is 6.51. The van der Waals surface area contributed by atoms with E-state index in [1.54, 1.807) is 7.11 Å². The largest absolute Gasteiger partial charge is 0.378 e. The predicted molar refractivity (Wildman–Crippen MR) is 76.3 cm³/mol. The Morgan fingerprint density at radius 1 is 1.42 bits per heavy atom. The van der Waals surface area contributed by atoms with Gasteiger partial charge >= 0.3 is 0 Å². The molecule has 2 atom stereocenters. The van der Waals surface area contributed by atoms with Crippen molar-refractivity contribution in [1.82, 2.24) is 0 Å². The van der Waals surface area contributed by atoms with Gasteiger partial charge in [0, 0.05) is 44.5 Å². The highest BCUT2D eigenvalue weighted by atomic mass is 16.5. The molecule has 0 radical (unpaired) electrons. The summed E-state index contributed by atoms with van der Waals surface area (Å²) in [6.07, 6.45) is 0.996. The molecule has 1 fully saturated rings. The minimum Gasteiger partial charge on any atom is -0.378 e. The maximum absolute atomic E-state index is 11.0.